The van der Waals surface area contributed by atoms with Gasteiger partial charge in [-0.25, -0.2) is 4.79 Å². The van der Waals surface area contributed by atoms with E-state index in [0.29, 0.717) is 12.3 Å². The summed E-state index contributed by atoms with van der Waals surface area (Å²) in [5.41, 5.74) is 0.722. The van der Waals surface area contributed by atoms with E-state index in [1.807, 2.05) is 18.2 Å². The highest BCUT2D eigenvalue weighted by Crippen LogP contribution is 2.15. The molecule has 3 aromatic rings. The molecular weight excluding hydrogens is 334 g/mol. The molecule has 2 aromatic heterocycles. The molecule has 0 fully saturated rings. The summed E-state index contributed by atoms with van der Waals surface area (Å²) in [5, 5.41) is 4.08. The summed E-state index contributed by atoms with van der Waals surface area (Å²) in [6.45, 7) is 1.94. The predicted octanol–water partition coefficient (Wildman–Crippen LogP) is 2.73. The Kier molecular flexibility index (Phi) is 5.17. The first-order valence-electron chi connectivity index (χ1n) is 8.14. The lowest BCUT2D eigenvalue weighted by Gasteiger charge is -2.21. The van der Waals surface area contributed by atoms with E-state index < -0.39 is 12.1 Å². The maximum atomic E-state index is 12.4. The van der Waals surface area contributed by atoms with Crippen LogP contribution in [-0.2, 0) is 16.1 Å². The third kappa shape index (κ3) is 4.00. The Morgan fingerprint density at radius 3 is 2.65 bits per heavy atom. The second kappa shape index (κ2) is 7.69. The minimum absolute atomic E-state index is 0.0502. The number of ether oxygens (including phenoxy) is 1. The second-order valence-electron chi connectivity index (χ2n) is 5.75. The Morgan fingerprint density at radius 1 is 1.19 bits per heavy atom. The molecule has 0 aliphatic carbocycles. The first-order valence-corrected chi connectivity index (χ1v) is 8.14. The van der Waals surface area contributed by atoms with Crippen LogP contribution in [0.15, 0.2) is 65.3 Å². The molecule has 134 valence electrons. The van der Waals surface area contributed by atoms with Crippen LogP contribution in [0.25, 0.3) is 0 Å². The molecule has 2 heterocycles. The van der Waals surface area contributed by atoms with Crippen molar-refractivity contribution in [1.82, 2.24) is 9.78 Å². The van der Waals surface area contributed by atoms with Crippen molar-refractivity contribution in [2.24, 2.45) is 0 Å². The van der Waals surface area contributed by atoms with Gasteiger partial charge in [0.05, 0.1) is 6.54 Å². The number of benzene rings is 1. The van der Waals surface area contributed by atoms with E-state index in [2.05, 4.69) is 5.10 Å². The third-order valence-electron chi connectivity index (χ3n) is 3.85. The Bertz CT molecular complexity index is 871. The molecule has 1 aromatic carbocycles. The molecule has 0 saturated carbocycles. The molecule has 0 N–H and O–H groups in total. The number of amides is 1. The van der Waals surface area contributed by atoms with Crippen LogP contribution in [0.4, 0.5) is 5.69 Å². The van der Waals surface area contributed by atoms with Crippen molar-refractivity contribution in [3.63, 3.8) is 0 Å². The van der Waals surface area contributed by atoms with Gasteiger partial charge in [0.25, 0.3) is 5.91 Å². The molecule has 7 nitrogen and oxygen atoms in total. The molecule has 0 aliphatic rings. The number of likely N-dealkylation sites (N-methyl/N-ethyl adjacent to an activating group) is 1. The van der Waals surface area contributed by atoms with Crippen LogP contribution >= 0.6 is 0 Å². The normalized spacial score (nSPS) is 11.8. The fraction of sp³-hybridized carbons (Fsp3) is 0.211. The molecule has 1 amide bonds. The smallest absolute Gasteiger partial charge is 0.375 e. The molecule has 3 rings (SSSR count). The van der Waals surface area contributed by atoms with Gasteiger partial charge in [-0.15, -0.1) is 0 Å². The van der Waals surface area contributed by atoms with E-state index in [-0.39, 0.29) is 11.7 Å². The summed E-state index contributed by atoms with van der Waals surface area (Å²) in [5.74, 6) is -0.387. The van der Waals surface area contributed by atoms with Crippen molar-refractivity contribution in [1.29, 1.82) is 0 Å². The molecule has 1 unspecified atom stereocenters. The summed E-state index contributed by atoms with van der Waals surface area (Å²) >= 11 is 0. The number of carbonyl (C=O) groups excluding carboxylic acids is 2. The Hall–Kier alpha value is -3.35. The van der Waals surface area contributed by atoms with E-state index in [9.17, 15) is 9.59 Å². The van der Waals surface area contributed by atoms with Crippen LogP contribution in [0.2, 0.25) is 0 Å². The lowest BCUT2D eigenvalue weighted by Crippen LogP contribution is -2.37. The Morgan fingerprint density at radius 2 is 1.96 bits per heavy atom. The van der Waals surface area contributed by atoms with E-state index in [0.717, 1.165) is 5.69 Å². The second-order valence-corrected chi connectivity index (χ2v) is 5.75. The molecule has 0 bridgehead atoms. The fourth-order valence-electron chi connectivity index (χ4n) is 2.45. The van der Waals surface area contributed by atoms with Crippen molar-refractivity contribution in [3.8, 4) is 0 Å². The molecule has 0 saturated heterocycles. The number of rotatable bonds is 6. The topological polar surface area (TPSA) is 77.6 Å². The van der Waals surface area contributed by atoms with Gasteiger partial charge < -0.3 is 14.1 Å². The molecule has 0 aliphatic heterocycles. The van der Waals surface area contributed by atoms with Gasteiger partial charge in [0.1, 0.15) is 5.76 Å². The number of hydrogen-bond donors (Lipinski definition) is 0. The number of esters is 1. The van der Waals surface area contributed by atoms with E-state index in [1.54, 1.807) is 48.4 Å². The van der Waals surface area contributed by atoms with Gasteiger partial charge in [0.2, 0.25) is 5.76 Å². The number of hydrogen-bond acceptors (Lipinski definition) is 5. The van der Waals surface area contributed by atoms with Gasteiger partial charge in [-0.3, -0.25) is 9.48 Å². The van der Waals surface area contributed by atoms with Crippen molar-refractivity contribution < 1.29 is 18.7 Å². The van der Waals surface area contributed by atoms with Crippen LogP contribution in [0, 0.1) is 0 Å². The minimum atomic E-state index is -0.938. The van der Waals surface area contributed by atoms with Crippen molar-refractivity contribution >= 4 is 17.6 Å². The maximum absolute atomic E-state index is 12.4. The molecule has 7 heteroatoms. The number of para-hydroxylation sites is 1. The van der Waals surface area contributed by atoms with Gasteiger partial charge in [-0.2, -0.15) is 5.10 Å². The summed E-state index contributed by atoms with van der Waals surface area (Å²) < 4.78 is 12.4. The number of nitrogens with zero attached hydrogens (tertiary/aromatic N) is 3. The lowest BCUT2D eigenvalue weighted by molar-refractivity contribution is -0.126. The molecular formula is C19H19N3O4. The van der Waals surface area contributed by atoms with Crippen LogP contribution < -0.4 is 4.90 Å². The van der Waals surface area contributed by atoms with Crippen molar-refractivity contribution in [3.05, 3.63) is 72.4 Å². The van der Waals surface area contributed by atoms with Gasteiger partial charge in [0.15, 0.2) is 6.10 Å². The van der Waals surface area contributed by atoms with Crippen LogP contribution in [0.3, 0.4) is 0 Å². The fourth-order valence-corrected chi connectivity index (χ4v) is 2.45. The van der Waals surface area contributed by atoms with Crippen molar-refractivity contribution in [2.75, 3.05) is 11.9 Å². The van der Waals surface area contributed by atoms with Crippen LogP contribution in [0.5, 0.6) is 0 Å². The molecule has 1 atom stereocenters. The number of anilines is 1. The highest BCUT2D eigenvalue weighted by molar-refractivity contribution is 5.98. The van der Waals surface area contributed by atoms with E-state index >= 15 is 0 Å². The predicted molar refractivity (Wildman–Crippen MR) is 94.8 cm³/mol. The molecule has 0 radical (unpaired) electrons. The summed E-state index contributed by atoms with van der Waals surface area (Å²) in [7, 11) is 1.64. The first-order chi connectivity index (χ1) is 12.5. The van der Waals surface area contributed by atoms with Gasteiger partial charge >= 0.3 is 5.97 Å². The molecule has 0 spiro atoms. The SMILES string of the molecule is CC(OC(=O)c1ccc(Cn2cccn2)o1)C(=O)N(C)c1ccccc1. The first kappa shape index (κ1) is 17.5. The molecule has 26 heavy (non-hydrogen) atoms. The van der Waals surface area contributed by atoms with Gasteiger partial charge in [0, 0.05) is 25.1 Å². The summed E-state index contributed by atoms with van der Waals surface area (Å²) in [4.78, 5) is 26.1. The average molecular weight is 353 g/mol. The largest absolute Gasteiger partial charge is 0.452 e. The highest BCUT2D eigenvalue weighted by atomic mass is 16.6. The maximum Gasteiger partial charge on any atom is 0.375 e. The zero-order valence-electron chi connectivity index (χ0n) is 14.5. The summed E-state index contributed by atoms with van der Waals surface area (Å²) in [6, 6.07) is 14.2. The number of aromatic nitrogens is 2. The average Bonchev–Trinajstić information content (AvgIpc) is 3.33. The standard InChI is InChI=1S/C19H19N3O4/c1-14(18(23)21(2)15-7-4-3-5-8-15)25-19(24)17-10-9-16(26-17)13-22-12-6-11-20-22/h3-12,14H,13H2,1-2H3. The lowest BCUT2D eigenvalue weighted by atomic mass is 10.2. The summed E-state index contributed by atoms with van der Waals surface area (Å²) in [6.07, 6.45) is 2.52. The van der Waals surface area contributed by atoms with E-state index in [1.165, 1.54) is 17.9 Å². The monoisotopic (exact) mass is 353 g/mol. The minimum Gasteiger partial charge on any atom is -0.452 e. The van der Waals surface area contributed by atoms with Crippen LogP contribution in [0.1, 0.15) is 23.2 Å². The zero-order chi connectivity index (χ0) is 18.5. The van der Waals surface area contributed by atoms with Gasteiger partial charge in [-0.1, -0.05) is 18.2 Å². The number of carbonyl (C=O) groups is 2. The Labute approximate surface area is 150 Å². The van der Waals surface area contributed by atoms with Crippen molar-refractivity contribution in [2.45, 2.75) is 19.6 Å². The highest BCUT2D eigenvalue weighted by Gasteiger charge is 2.24. The van der Waals surface area contributed by atoms with Crippen LogP contribution in [-0.4, -0.2) is 34.8 Å². The number of furan rings is 1. The van der Waals surface area contributed by atoms with E-state index in [4.69, 9.17) is 9.15 Å². The quantitative estimate of drug-likeness (QED) is 0.637. The zero-order valence-corrected chi connectivity index (χ0v) is 14.5. The van der Waals surface area contributed by atoms with Gasteiger partial charge in [-0.05, 0) is 37.3 Å². The Balaban J connectivity index is 1.60. The third-order valence-corrected chi connectivity index (χ3v) is 3.85.